The second-order valence-electron chi connectivity index (χ2n) is 6.98. The SMILES string of the molecule is OC(COCc1ccccc1)CN1CCc2sccc2C1C1CC1. The molecule has 1 N–H and O–H groups in total. The van der Waals surface area contributed by atoms with Crippen LogP contribution < -0.4 is 0 Å². The molecule has 1 aliphatic carbocycles. The molecule has 1 aliphatic heterocycles. The summed E-state index contributed by atoms with van der Waals surface area (Å²) in [6, 6.07) is 13.0. The summed E-state index contributed by atoms with van der Waals surface area (Å²) in [5.74, 6) is 0.788. The number of ether oxygens (including phenoxy) is 1. The first kappa shape index (κ1) is 16.3. The lowest BCUT2D eigenvalue weighted by Crippen LogP contribution is -2.42. The van der Waals surface area contributed by atoms with Crippen LogP contribution in [0.15, 0.2) is 41.8 Å². The van der Waals surface area contributed by atoms with E-state index in [-0.39, 0.29) is 0 Å². The van der Waals surface area contributed by atoms with E-state index >= 15 is 0 Å². The van der Waals surface area contributed by atoms with Crippen molar-refractivity contribution in [1.29, 1.82) is 0 Å². The zero-order valence-electron chi connectivity index (χ0n) is 13.9. The average molecular weight is 343 g/mol. The van der Waals surface area contributed by atoms with Crippen molar-refractivity contribution >= 4 is 11.3 Å². The summed E-state index contributed by atoms with van der Waals surface area (Å²) in [5.41, 5.74) is 2.67. The topological polar surface area (TPSA) is 32.7 Å². The van der Waals surface area contributed by atoms with Gasteiger partial charge in [-0.1, -0.05) is 30.3 Å². The molecule has 2 unspecified atom stereocenters. The van der Waals surface area contributed by atoms with Crippen molar-refractivity contribution in [1.82, 2.24) is 4.90 Å². The van der Waals surface area contributed by atoms with Gasteiger partial charge < -0.3 is 9.84 Å². The first-order chi connectivity index (χ1) is 11.8. The molecule has 0 saturated heterocycles. The summed E-state index contributed by atoms with van der Waals surface area (Å²) in [7, 11) is 0. The van der Waals surface area contributed by atoms with Crippen molar-refractivity contribution in [2.75, 3.05) is 19.7 Å². The number of fused-ring (bicyclic) bond motifs is 1. The molecule has 2 atom stereocenters. The van der Waals surface area contributed by atoms with Crippen LogP contribution >= 0.6 is 11.3 Å². The smallest absolute Gasteiger partial charge is 0.0900 e. The Bertz CT molecular complexity index is 653. The van der Waals surface area contributed by atoms with E-state index in [4.69, 9.17) is 4.74 Å². The number of nitrogens with zero attached hydrogens (tertiary/aromatic N) is 1. The summed E-state index contributed by atoms with van der Waals surface area (Å²) in [6.45, 7) is 2.74. The monoisotopic (exact) mass is 343 g/mol. The summed E-state index contributed by atoms with van der Waals surface area (Å²) in [5, 5.41) is 12.7. The largest absolute Gasteiger partial charge is 0.389 e. The lowest BCUT2D eigenvalue weighted by Gasteiger charge is -2.37. The van der Waals surface area contributed by atoms with Crippen molar-refractivity contribution in [3.63, 3.8) is 0 Å². The molecule has 1 saturated carbocycles. The highest BCUT2D eigenvalue weighted by Gasteiger charge is 2.40. The summed E-state index contributed by atoms with van der Waals surface area (Å²) in [4.78, 5) is 4.04. The third-order valence-electron chi connectivity index (χ3n) is 5.05. The lowest BCUT2D eigenvalue weighted by atomic mass is 9.95. The Labute approximate surface area is 147 Å². The second-order valence-corrected chi connectivity index (χ2v) is 7.98. The van der Waals surface area contributed by atoms with E-state index in [0.717, 1.165) is 24.4 Å². The molecule has 24 heavy (non-hydrogen) atoms. The van der Waals surface area contributed by atoms with Gasteiger partial charge in [0.2, 0.25) is 0 Å². The molecule has 0 radical (unpaired) electrons. The van der Waals surface area contributed by atoms with Gasteiger partial charge in [-0.25, -0.2) is 0 Å². The number of aliphatic hydroxyl groups excluding tert-OH is 1. The molecule has 0 bridgehead atoms. The number of thiophene rings is 1. The maximum atomic E-state index is 10.4. The molecule has 1 fully saturated rings. The van der Waals surface area contributed by atoms with E-state index in [1.54, 1.807) is 4.88 Å². The molecular formula is C20H25NO2S. The van der Waals surface area contributed by atoms with Gasteiger partial charge in [-0.2, -0.15) is 0 Å². The summed E-state index contributed by atoms with van der Waals surface area (Å²) < 4.78 is 5.71. The van der Waals surface area contributed by atoms with E-state index in [1.807, 2.05) is 29.5 Å². The summed E-state index contributed by atoms with van der Waals surface area (Å²) >= 11 is 1.89. The normalized spacial score (nSPS) is 22.3. The minimum absolute atomic E-state index is 0.402. The van der Waals surface area contributed by atoms with Gasteiger partial charge in [0.25, 0.3) is 0 Å². The van der Waals surface area contributed by atoms with E-state index < -0.39 is 6.10 Å². The van der Waals surface area contributed by atoms with Crippen LogP contribution in [0.5, 0.6) is 0 Å². The number of benzene rings is 1. The number of rotatable bonds is 7. The van der Waals surface area contributed by atoms with Gasteiger partial charge in [-0.15, -0.1) is 11.3 Å². The van der Waals surface area contributed by atoms with Crippen LogP contribution in [0.3, 0.4) is 0 Å². The number of aliphatic hydroxyl groups is 1. The highest BCUT2D eigenvalue weighted by atomic mass is 32.1. The Hall–Kier alpha value is -1.20. The zero-order chi connectivity index (χ0) is 16.4. The minimum Gasteiger partial charge on any atom is -0.389 e. The van der Waals surface area contributed by atoms with Gasteiger partial charge in [-0.3, -0.25) is 4.90 Å². The predicted octanol–water partition coefficient (Wildman–Crippen LogP) is 3.64. The highest BCUT2D eigenvalue weighted by Crippen LogP contribution is 2.48. The Morgan fingerprint density at radius 1 is 1.21 bits per heavy atom. The third-order valence-corrected chi connectivity index (χ3v) is 6.05. The average Bonchev–Trinajstić information content (AvgIpc) is 3.32. The van der Waals surface area contributed by atoms with Crippen molar-refractivity contribution < 1.29 is 9.84 Å². The van der Waals surface area contributed by atoms with E-state index in [9.17, 15) is 5.11 Å². The van der Waals surface area contributed by atoms with Crippen LogP contribution in [0.1, 0.15) is 34.9 Å². The molecule has 0 spiro atoms. The van der Waals surface area contributed by atoms with Crippen LogP contribution in [0.25, 0.3) is 0 Å². The van der Waals surface area contributed by atoms with E-state index in [1.165, 1.54) is 18.4 Å². The van der Waals surface area contributed by atoms with Crippen molar-refractivity contribution in [2.45, 2.75) is 38.0 Å². The fraction of sp³-hybridized carbons (Fsp3) is 0.500. The highest BCUT2D eigenvalue weighted by molar-refractivity contribution is 7.10. The van der Waals surface area contributed by atoms with Gasteiger partial charge in [0.1, 0.15) is 0 Å². The van der Waals surface area contributed by atoms with Crippen LogP contribution in [0, 0.1) is 5.92 Å². The Kier molecular flexibility index (Phi) is 4.99. The van der Waals surface area contributed by atoms with Crippen molar-refractivity contribution in [2.24, 2.45) is 5.92 Å². The Morgan fingerprint density at radius 2 is 2.04 bits per heavy atom. The van der Waals surface area contributed by atoms with Crippen LogP contribution in [-0.2, 0) is 17.8 Å². The molecule has 3 nitrogen and oxygen atoms in total. The van der Waals surface area contributed by atoms with Gasteiger partial charge in [0.15, 0.2) is 0 Å². The molecular weight excluding hydrogens is 318 g/mol. The van der Waals surface area contributed by atoms with Crippen molar-refractivity contribution in [3.05, 3.63) is 57.8 Å². The fourth-order valence-corrected chi connectivity index (χ4v) is 4.69. The maximum Gasteiger partial charge on any atom is 0.0900 e. The van der Waals surface area contributed by atoms with E-state index in [0.29, 0.717) is 25.8 Å². The summed E-state index contributed by atoms with van der Waals surface area (Å²) in [6.07, 6.45) is 3.36. The van der Waals surface area contributed by atoms with Gasteiger partial charge in [0.05, 0.1) is 19.3 Å². The molecule has 2 aromatic rings. The first-order valence-corrected chi connectivity index (χ1v) is 9.79. The molecule has 4 rings (SSSR count). The van der Waals surface area contributed by atoms with Gasteiger partial charge in [-0.05, 0) is 47.8 Å². The molecule has 128 valence electrons. The number of hydrogen-bond acceptors (Lipinski definition) is 4. The minimum atomic E-state index is -0.421. The Morgan fingerprint density at radius 3 is 2.83 bits per heavy atom. The Balaban J connectivity index is 1.31. The van der Waals surface area contributed by atoms with Crippen molar-refractivity contribution in [3.8, 4) is 0 Å². The zero-order valence-corrected chi connectivity index (χ0v) is 14.8. The van der Waals surface area contributed by atoms with Gasteiger partial charge in [0, 0.05) is 24.0 Å². The molecule has 2 aliphatic rings. The second kappa shape index (κ2) is 7.36. The van der Waals surface area contributed by atoms with Crippen LogP contribution in [0.2, 0.25) is 0 Å². The molecule has 0 amide bonds. The first-order valence-electron chi connectivity index (χ1n) is 8.91. The molecule has 1 aromatic heterocycles. The standard InChI is InChI=1S/C20H25NO2S/c22-17(14-23-13-15-4-2-1-3-5-15)12-21-10-8-19-18(9-11-24-19)20(21)16-6-7-16/h1-5,9,11,16-17,20,22H,6-8,10,12-14H2. The number of hydrogen-bond donors (Lipinski definition) is 1. The fourth-order valence-electron chi connectivity index (χ4n) is 3.78. The van der Waals surface area contributed by atoms with E-state index in [2.05, 4.69) is 28.5 Å². The number of β-amino-alcohol motifs (C(OH)–C–C–N with tert-alkyl or cyclic N) is 1. The predicted molar refractivity (Wildman–Crippen MR) is 97.2 cm³/mol. The lowest BCUT2D eigenvalue weighted by molar-refractivity contribution is -0.00154. The molecule has 2 heterocycles. The van der Waals surface area contributed by atoms with Gasteiger partial charge >= 0.3 is 0 Å². The quantitative estimate of drug-likeness (QED) is 0.833. The van der Waals surface area contributed by atoms with Crippen LogP contribution in [-0.4, -0.2) is 35.8 Å². The molecule has 4 heteroatoms. The third kappa shape index (κ3) is 3.72. The maximum absolute atomic E-state index is 10.4. The van der Waals surface area contributed by atoms with Crippen LogP contribution in [0.4, 0.5) is 0 Å². The molecule has 1 aromatic carbocycles.